The van der Waals surface area contributed by atoms with Crippen molar-refractivity contribution in [3.63, 3.8) is 0 Å². The number of hydrogen-bond donors (Lipinski definition) is 0. The van der Waals surface area contributed by atoms with Gasteiger partial charge in [-0.3, -0.25) is 9.69 Å². The standard InChI is InChI=1S/C15H27NO/c1-13(17)11-15-9-3-2-6-10-16(15)12-14-7-4-5-8-14/h14-15H,2-12H2,1H3. The molecule has 1 aliphatic carbocycles. The maximum atomic E-state index is 11.4. The van der Waals surface area contributed by atoms with Crippen LogP contribution in [0.25, 0.3) is 0 Å². The Labute approximate surface area is 106 Å². The zero-order valence-corrected chi connectivity index (χ0v) is 11.3. The Morgan fingerprint density at radius 3 is 2.47 bits per heavy atom. The fourth-order valence-electron chi connectivity index (χ4n) is 3.56. The molecule has 0 amide bonds. The quantitative estimate of drug-likeness (QED) is 0.747. The van der Waals surface area contributed by atoms with Crippen molar-refractivity contribution in [2.75, 3.05) is 13.1 Å². The van der Waals surface area contributed by atoms with Crippen molar-refractivity contribution in [3.8, 4) is 0 Å². The van der Waals surface area contributed by atoms with Gasteiger partial charge in [-0.1, -0.05) is 25.7 Å². The second kappa shape index (κ2) is 6.53. The van der Waals surface area contributed by atoms with Crippen molar-refractivity contribution in [3.05, 3.63) is 0 Å². The highest BCUT2D eigenvalue weighted by molar-refractivity contribution is 5.76. The molecule has 1 aliphatic heterocycles. The summed E-state index contributed by atoms with van der Waals surface area (Å²) in [7, 11) is 0. The average molecular weight is 237 g/mol. The zero-order chi connectivity index (χ0) is 12.1. The van der Waals surface area contributed by atoms with Crippen molar-refractivity contribution in [2.24, 2.45) is 5.92 Å². The summed E-state index contributed by atoms with van der Waals surface area (Å²) in [6.07, 6.45) is 11.7. The van der Waals surface area contributed by atoms with Crippen molar-refractivity contribution in [1.82, 2.24) is 4.90 Å². The molecule has 2 nitrogen and oxygen atoms in total. The van der Waals surface area contributed by atoms with E-state index in [9.17, 15) is 4.79 Å². The molecule has 0 bridgehead atoms. The molecule has 0 aromatic carbocycles. The lowest BCUT2D eigenvalue weighted by molar-refractivity contribution is -0.118. The van der Waals surface area contributed by atoms with Crippen LogP contribution in [0.5, 0.6) is 0 Å². The van der Waals surface area contributed by atoms with E-state index in [0.717, 1.165) is 12.3 Å². The van der Waals surface area contributed by atoms with Crippen molar-refractivity contribution in [2.45, 2.75) is 70.8 Å². The van der Waals surface area contributed by atoms with Gasteiger partial charge >= 0.3 is 0 Å². The van der Waals surface area contributed by atoms with Crippen LogP contribution in [0.3, 0.4) is 0 Å². The molecule has 0 radical (unpaired) electrons. The fraction of sp³-hybridized carbons (Fsp3) is 0.933. The first kappa shape index (κ1) is 13.1. The van der Waals surface area contributed by atoms with Gasteiger partial charge in [0.25, 0.3) is 0 Å². The second-order valence-electron chi connectivity index (χ2n) is 6.05. The Kier molecular flexibility index (Phi) is 5.02. The molecule has 2 fully saturated rings. The van der Waals surface area contributed by atoms with E-state index in [2.05, 4.69) is 4.90 Å². The van der Waals surface area contributed by atoms with Crippen LogP contribution >= 0.6 is 0 Å². The number of carbonyl (C=O) groups excluding carboxylic acids is 1. The van der Waals surface area contributed by atoms with E-state index in [4.69, 9.17) is 0 Å². The molecule has 17 heavy (non-hydrogen) atoms. The van der Waals surface area contributed by atoms with Crippen LogP contribution in [0.4, 0.5) is 0 Å². The molecule has 1 saturated heterocycles. The van der Waals surface area contributed by atoms with Gasteiger partial charge in [-0.05, 0) is 45.1 Å². The van der Waals surface area contributed by atoms with Gasteiger partial charge in [0.05, 0.1) is 0 Å². The van der Waals surface area contributed by atoms with E-state index in [1.54, 1.807) is 6.92 Å². The van der Waals surface area contributed by atoms with Gasteiger partial charge < -0.3 is 0 Å². The number of carbonyl (C=O) groups is 1. The van der Waals surface area contributed by atoms with Crippen LogP contribution in [0.1, 0.15) is 64.7 Å². The zero-order valence-electron chi connectivity index (χ0n) is 11.3. The second-order valence-corrected chi connectivity index (χ2v) is 6.05. The first-order valence-electron chi connectivity index (χ1n) is 7.49. The van der Waals surface area contributed by atoms with Crippen LogP contribution < -0.4 is 0 Å². The van der Waals surface area contributed by atoms with Crippen molar-refractivity contribution in [1.29, 1.82) is 0 Å². The fourth-order valence-corrected chi connectivity index (χ4v) is 3.56. The lowest BCUT2D eigenvalue weighted by Crippen LogP contribution is -2.39. The van der Waals surface area contributed by atoms with Crippen LogP contribution in [0, 0.1) is 5.92 Å². The average Bonchev–Trinajstić information content (AvgIpc) is 2.69. The molecule has 1 atom stereocenters. The lowest BCUT2D eigenvalue weighted by Gasteiger charge is -2.31. The number of likely N-dealkylation sites (tertiary alicyclic amines) is 1. The van der Waals surface area contributed by atoms with E-state index in [1.165, 1.54) is 64.5 Å². The molecule has 98 valence electrons. The highest BCUT2D eigenvalue weighted by Crippen LogP contribution is 2.28. The van der Waals surface area contributed by atoms with Gasteiger partial charge in [0.2, 0.25) is 0 Å². The summed E-state index contributed by atoms with van der Waals surface area (Å²) in [5.41, 5.74) is 0. The maximum Gasteiger partial charge on any atom is 0.131 e. The predicted molar refractivity (Wildman–Crippen MR) is 71.1 cm³/mol. The Morgan fingerprint density at radius 2 is 1.76 bits per heavy atom. The Bertz CT molecular complexity index is 245. The largest absolute Gasteiger partial charge is 0.300 e. The van der Waals surface area contributed by atoms with Crippen LogP contribution in [-0.2, 0) is 4.79 Å². The van der Waals surface area contributed by atoms with Gasteiger partial charge in [0, 0.05) is 19.0 Å². The van der Waals surface area contributed by atoms with E-state index >= 15 is 0 Å². The minimum atomic E-state index is 0.369. The maximum absolute atomic E-state index is 11.4. The summed E-state index contributed by atoms with van der Waals surface area (Å²) in [4.78, 5) is 14.0. The summed E-state index contributed by atoms with van der Waals surface area (Å²) in [5.74, 6) is 1.29. The molecule has 2 heteroatoms. The van der Waals surface area contributed by atoms with Gasteiger partial charge in [0.1, 0.15) is 5.78 Å². The number of nitrogens with zero attached hydrogens (tertiary/aromatic N) is 1. The monoisotopic (exact) mass is 237 g/mol. The molecule has 0 aromatic heterocycles. The number of ketones is 1. The van der Waals surface area contributed by atoms with E-state index in [0.29, 0.717) is 11.8 Å². The summed E-state index contributed by atoms with van der Waals surface area (Å²) in [6, 6.07) is 0.551. The van der Waals surface area contributed by atoms with Crippen LogP contribution in [0.2, 0.25) is 0 Å². The first-order chi connectivity index (χ1) is 8.25. The summed E-state index contributed by atoms with van der Waals surface area (Å²) >= 11 is 0. The minimum absolute atomic E-state index is 0.369. The van der Waals surface area contributed by atoms with E-state index in [1.807, 2.05) is 0 Å². The molecule has 0 aromatic rings. The highest BCUT2D eigenvalue weighted by atomic mass is 16.1. The minimum Gasteiger partial charge on any atom is -0.300 e. The topological polar surface area (TPSA) is 20.3 Å². The molecule has 1 unspecified atom stereocenters. The Hall–Kier alpha value is -0.370. The SMILES string of the molecule is CC(=O)CC1CCCCCN1CC1CCCC1. The number of hydrogen-bond acceptors (Lipinski definition) is 2. The van der Waals surface area contributed by atoms with Crippen LogP contribution in [0.15, 0.2) is 0 Å². The lowest BCUT2D eigenvalue weighted by atomic mass is 10.0. The van der Waals surface area contributed by atoms with Gasteiger partial charge in [-0.2, -0.15) is 0 Å². The summed E-state index contributed by atoms with van der Waals surface area (Å²) in [5, 5.41) is 0. The third-order valence-electron chi connectivity index (χ3n) is 4.49. The number of rotatable bonds is 4. The van der Waals surface area contributed by atoms with Gasteiger partial charge in [0.15, 0.2) is 0 Å². The van der Waals surface area contributed by atoms with E-state index in [-0.39, 0.29) is 0 Å². The molecule has 1 heterocycles. The molecular weight excluding hydrogens is 210 g/mol. The van der Waals surface area contributed by atoms with Crippen LogP contribution in [-0.4, -0.2) is 29.8 Å². The van der Waals surface area contributed by atoms with Crippen molar-refractivity contribution >= 4 is 5.78 Å². The molecule has 0 N–H and O–H groups in total. The van der Waals surface area contributed by atoms with E-state index < -0.39 is 0 Å². The summed E-state index contributed by atoms with van der Waals surface area (Å²) < 4.78 is 0. The van der Waals surface area contributed by atoms with Gasteiger partial charge in [-0.15, -0.1) is 0 Å². The summed E-state index contributed by atoms with van der Waals surface area (Å²) in [6.45, 7) is 4.24. The van der Waals surface area contributed by atoms with Gasteiger partial charge in [-0.25, -0.2) is 0 Å². The third-order valence-corrected chi connectivity index (χ3v) is 4.49. The third kappa shape index (κ3) is 4.09. The normalized spacial score (nSPS) is 28.2. The molecular formula is C15H27NO. The molecule has 2 aliphatic rings. The Balaban J connectivity index is 1.90. The Morgan fingerprint density at radius 1 is 1.06 bits per heavy atom. The molecule has 0 spiro atoms. The smallest absolute Gasteiger partial charge is 0.131 e. The predicted octanol–water partition coefficient (Wildman–Crippen LogP) is 3.40. The highest BCUT2D eigenvalue weighted by Gasteiger charge is 2.25. The first-order valence-corrected chi connectivity index (χ1v) is 7.49. The molecule has 1 saturated carbocycles. The van der Waals surface area contributed by atoms with Crippen molar-refractivity contribution < 1.29 is 4.79 Å². The molecule has 2 rings (SSSR count). The number of Topliss-reactive ketones (excluding diaryl/α,β-unsaturated/α-hetero) is 1.